The highest BCUT2D eigenvalue weighted by Crippen LogP contribution is 2.32. The van der Waals surface area contributed by atoms with Gasteiger partial charge in [-0.2, -0.15) is 9.97 Å². The van der Waals surface area contributed by atoms with E-state index in [0.29, 0.717) is 23.5 Å². The molecule has 2 aromatic heterocycles. The van der Waals surface area contributed by atoms with Crippen LogP contribution in [0.15, 0.2) is 36.7 Å². The zero-order valence-electron chi connectivity index (χ0n) is 16.2. The van der Waals surface area contributed by atoms with Gasteiger partial charge in [-0.25, -0.2) is 4.98 Å². The molecule has 1 saturated heterocycles. The molecule has 1 aliphatic rings. The molecule has 4 atom stereocenters. The third-order valence-corrected chi connectivity index (χ3v) is 5.38. The van der Waals surface area contributed by atoms with Gasteiger partial charge in [0.25, 0.3) is 0 Å². The Bertz CT molecular complexity index is 986. The van der Waals surface area contributed by atoms with Gasteiger partial charge in [0.1, 0.15) is 18.3 Å². The van der Waals surface area contributed by atoms with Gasteiger partial charge in [-0.05, 0) is 36.4 Å². The molecule has 0 radical (unpaired) electrons. The van der Waals surface area contributed by atoms with E-state index >= 15 is 0 Å². The minimum absolute atomic E-state index is 0.0304. The summed E-state index contributed by atoms with van der Waals surface area (Å²) < 4.78 is 7.06. The van der Waals surface area contributed by atoms with Gasteiger partial charge in [0, 0.05) is 6.54 Å². The predicted octanol–water partition coefficient (Wildman–Crippen LogP) is 1.53. The normalized spacial score (nSPS) is 23.9. The van der Waals surface area contributed by atoms with Gasteiger partial charge in [0.15, 0.2) is 23.2 Å². The summed E-state index contributed by atoms with van der Waals surface area (Å²) in [6.07, 6.45) is 0.149. The van der Waals surface area contributed by atoms with Crippen LogP contribution >= 0.6 is 11.6 Å². The summed E-state index contributed by atoms with van der Waals surface area (Å²) in [5, 5.41) is 32.9. The molecule has 0 bridgehead atoms. The highest BCUT2D eigenvalue weighted by molar-refractivity contribution is 6.28. The number of fused-ring (bicyclic) bond motifs is 1. The Hall–Kier alpha value is -2.30. The molecule has 3 aromatic rings. The van der Waals surface area contributed by atoms with Crippen molar-refractivity contribution in [1.82, 2.24) is 19.5 Å². The number of imidazole rings is 1. The fourth-order valence-corrected chi connectivity index (χ4v) is 3.78. The second kappa shape index (κ2) is 9.23. The Balaban J connectivity index is 1.45. The second-order valence-corrected chi connectivity index (χ2v) is 7.60. The van der Waals surface area contributed by atoms with Crippen LogP contribution in [0.1, 0.15) is 24.6 Å². The molecule has 1 fully saturated rings. The van der Waals surface area contributed by atoms with Crippen LogP contribution in [-0.2, 0) is 11.2 Å². The topological polar surface area (TPSA) is 126 Å². The van der Waals surface area contributed by atoms with Gasteiger partial charge >= 0.3 is 0 Å². The van der Waals surface area contributed by atoms with Crippen LogP contribution in [0.4, 0.5) is 5.82 Å². The Kier molecular flexibility index (Phi) is 6.45. The lowest BCUT2D eigenvalue weighted by molar-refractivity contribution is -0.0511. The SMILES string of the molecule is OC[C@H]1O[C@@H](n2cnc3c(NCCCCc4ccccc4)nc(Cl)nc32)C(O)C1O. The standard InChI is InChI=1S/C20H24ClN5O4/c21-20-24-17(22-9-5-4-8-12-6-2-1-3-7-12)14-18(25-20)26(11-23-14)19-16(29)15(28)13(10-27)30-19/h1-3,6-7,11,13,15-16,19,27-29H,4-5,8-10H2,(H,22,24,25)/t13-,15?,16?,19-/m1/s1. The van der Waals surface area contributed by atoms with Crippen LogP contribution in [0.25, 0.3) is 11.2 Å². The molecule has 10 heteroatoms. The largest absolute Gasteiger partial charge is 0.394 e. The monoisotopic (exact) mass is 433 g/mol. The number of aromatic nitrogens is 4. The lowest BCUT2D eigenvalue weighted by Gasteiger charge is -2.16. The van der Waals surface area contributed by atoms with E-state index in [9.17, 15) is 15.3 Å². The van der Waals surface area contributed by atoms with E-state index in [1.165, 1.54) is 16.5 Å². The smallest absolute Gasteiger partial charge is 0.226 e. The van der Waals surface area contributed by atoms with Crippen molar-refractivity contribution in [3.63, 3.8) is 0 Å². The molecule has 3 heterocycles. The van der Waals surface area contributed by atoms with E-state index < -0.39 is 31.1 Å². The molecule has 0 spiro atoms. The molecule has 0 amide bonds. The summed E-state index contributed by atoms with van der Waals surface area (Å²) in [4.78, 5) is 12.8. The zero-order valence-corrected chi connectivity index (χ0v) is 17.0. The van der Waals surface area contributed by atoms with Crippen molar-refractivity contribution in [2.45, 2.75) is 43.8 Å². The summed E-state index contributed by atoms with van der Waals surface area (Å²) >= 11 is 6.10. The van der Waals surface area contributed by atoms with Gasteiger partial charge < -0.3 is 25.4 Å². The van der Waals surface area contributed by atoms with Gasteiger partial charge in [0.2, 0.25) is 5.28 Å². The Morgan fingerprint density at radius 2 is 1.90 bits per heavy atom. The molecule has 1 aliphatic heterocycles. The fraction of sp³-hybridized carbons (Fsp3) is 0.450. The second-order valence-electron chi connectivity index (χ2n) is 7.26. The van der Waals surface area contributed by atoms with E-state index in [1.54, 1.807) is 0 Å². The number of aliphatic hydroxyl groups is 3. The summed E-state index contributed by atoms with van der Waals surface area (Å²) in [6, 6.07) is 10.3. The van der Waals surface area contributed by atoms with Crippen molar-refractivity contribution in [3.05, 3.63) is 47.5 Å². The van der Waals surface area contributed by atoms with Crippen molar-refractivity contribution in [1.29, 1.82) is 0 Å². The molecule has 30 heavy (non-hydrogen) atoms. The third-order valence-electron chi connectivity index (χ3n) is 5.21. The zero-order chi connectivity index (χ0) is 21.1. The molecule has 4 N–H and O–H groups in total. The molecule has 0 aliphatic carbocycles. The number of anilines is 1. The maximum atomic E-state index is 10.3. The maximum Gasteiger partial charge on any atom is 0.226 e. The summed E-state index contributed by atoms with van der Waals surface area (Å²) in [5.74, 6) is 0.496. The lowest BCUT2D eigenvalue weighted by Crippen LogP contribution is -2.33. The average molecular weight is 434 g/mol. The van der Waals surface area contributed by atoms with Crippen LogP contribution in [0.2, 0.25) is 5.28 Å². The maximum absolute atomic E-state index is 10.3. The number of nitrogens with zero attached hydrogens (tertiary/aromatic N) is 4. The Morgan fingerprint density at radius 3 is 2.63 bits per heavy atom. The van der Waals surface area contributed by atoms with Gasteiger partial charge in [-0.3, -0.25) is 4.57 Å². The van der Waals surface area contributed by atoms with E-state index in [-0.39, 0.29) is 5.28 Å². The van der Waals surface area contributed by atoms with Crippen molar-refractivity contribution >= 4 is 28.6 Å². The van der Waals surface area contributed by atoms with Crippen LogP contribution in [0.5, 0.6) is 0 Å². The van der Waals surface area contributed by atoms with Crippen molar-refractivity contribution in [2.75, 3.05) is 18.5 Å². The molecule has 0 saturated carbocycles. The molecular weight excluding hydrogens is 410 g/mol. The van der Waals surface area contributed by atoms with Gasteiger partial charge in [-0.1, -0.05) is 30.3 Å². The van der Waals surface area contributed by atoms with Crippen LogP contribution < -0.4 is 5.32 Å². The van der Waals surface area contributed by atoms with Gasteiger partial charge in [0.05, 0.1) is 12.9 Å². The fourth-order valence-electron chi connectivity index (χ4n) is 3.61. The minimum atomic E-state index is -1.23. The van der Waals surface area contributed by atoms with E-state index in [2.05, 4.69) is 32.4 Å². The van der Waals surface area contributed by atoms with Crippen LogP contribution in [-0.4, -0.2) is 66.3 Å². The van der Waals surface area contributed by atoms with Crippen molar-refractivity contribution in [2.24, 2.45) is 0 Å². The number of aryl methyl sites for hydroxylation is 1. The predicted molar refractivity (Wildman–Crippen MR) is 111 cm³/mol. The molecule has 2 unspecified atom stereocenters. The van der Waals surface area contributed by atoms with E-state index in [0.717, 1.165) is 19.3 Å². The quantitative estimate of drug-likeness (QED) is 0.311. The first-order valence-electron chi connectivity index (χ1n) is 9.89. The number of ether oxygens (including phenoxy) is 1. The van der Waals surface area contributed by atoms with Gasteiger partial charge in [-0.15, -0.1) is 0 Å². The molecule has 9 nitrogen and oxygen atoms in total. The highest BCUT2D eigenvalue weighted by Gasteiger charge is 2.44. The van der Waals surface area contributed by atoms with Crippen LogP contribution in [0.3, 0.4) is 0 Å². The number of benzene rings is 1. The lowest BCUT2D eigenvalue weighted by atomic mass is 10.1. The molecule has 160 valence electrons. The number of hydrogen-bond acceptors (Lipinski definition) is 8. The summed E-state index contributed by atoms with van der Waals surface area (Å²) in [5.41, 5.74) is 2.17. The molecular formula is C20H24ClN5O4. The third kappa shape index (κ3) is 4.26. The highest BCUT2D eigenvalue weighted by atomic mass is 35.5. The van der Waals surface area contributed by atoms with Crippen molar-refractivity contribution < 1.29 is 20.1 Å². The summed E-state index contributed by atoms with van der Waals surface area (Å²) in [6.45, 7) is 0.281. The van der Waals surface area contributed by atoms with Crippen molar-refractivity contribution in [3.8, 4) is 0 Å². The summed E-state index contributed by atoms with van der Waals surface area (Å²) in [7, 11) is 0. The number of unbranched alkanes of at least 4 members (excludes halogenated alkanes) is 1. The van der Waals surface area contributed by atoms with E-state index in [4.69, 9.17) is 16.3 Å². The molecule has 1 aromatic carbocycles. The van der Waals surface area contributed by atoms with Crippen LogP contribution in [0, 0.1) is 0 Å². The molecule has 4 rings (SSSR count). The Morgan fingerprint density at radius 1 is 1.10 bits per heavy atom. The first-order valence-corrected chi connectivity index (χ1v) is 10.3. The number of halogens is 1. The Labute approximate surface area is 178 Å². The number of aliphatic hydroxyl groups excluding tert-OH is 3. The first-order chi connectivity index (χ1) is 14.6. The average Bonchev–Trinajstić information content (AvgIpc) is 3.29. The van der Waals surface area contributed by atoms with E-state index in [1.807, 2.05) is 18.2 Å². The number of rotatable bonds is 8. The first kappa shape index (κ1) is 21.0. The minimum Gasteiger partial charge on any atom is -0.394 e. The number of nitrogens with one attached hydrogen (secondary N) is 1. The number of hydrogen-bond donors (Lipinski definition) is 4.